The van der Waals surface area contributed by atoms with Crippen LogP contribution in [0, 0.1) is 0 Å². The van der Waals surface area contributed by atoms with Crippen LogP contribution in [0.25, 0.3) is 10.1 Å². The lowest BCUT2D eigenvalue weighted by molar-refractivity contribution is 0.0958. The monoisotopic (exact) mass is 388 g/mol. The van der Waals surface area contributed by atoms with Crippen molar-refractivity contribution in [1.29, 1.82) is 0 Å². The van der Waals surface area contributed by atoms with Crippen LogP contribution in [0.2, 0.25) is 0 Å². The molecule has 136 valence electrons. The number of nitrogens with zero attached hydrogens (tertiary/aromatic N) is 1. The van der Waals surface area contributed by atoms with Crippen molar-refractivity contribution in [3.63, 3.8) is 0 Å². The van der Waals surface area contributed by atoms with Crippen molar-refractivity contribution in [3.05, 3.63) is 59.5 Å². The normalized spacial score (nSPS) is 11.5. The SMILES string of the molecule is CCCNC(=O)c1cc2cc(N(C)S(=O)(=O)c3ccccc3)ccc2s1. The minimum Gasteiger partial charge on any atom is -0.351 e. The maximum Gasteiger partial charge on any atom is 0.264 e. The lowest BCUT2D eigenvalue weighted by Gasteiger charge is -2.19. The van der Waals surface area contributed by atoms with Crippen molar-refractivity contribution in [2.75, 3.05) is 17.9 Å². The Morgan fingerprint density at radius 1 is 1.12 bits per heavy atom. The van der Waals surface area contributed by atoms with E-state index in [1.165, 1.54) is 22.7 Å². The average molecular weight is 389 g/mol. The molecule has 1 N–H and O–H groups in total. The average Bonchev–Trinajstić information content (AvgIpc) is 3.09. The maximum absolute atomic E-state index is 12.8. The van der Waals surface area contributed by atoms with Gasteiger partial charge in [0, 0.05) is 18.3 Å². The molecule has 1 amide bonds. The van der Waals surface area contributed by atoms with Crippen molar-refractivity contribution < 1.29 is 13.2 Å². The summed E-state index contributed by atoms with van der Waals surface area (Å²) in [4.78, 5) is 13.0. The van der Waals surface area contributed by atoms with Crippen LogP contribution in [0.15, 0.2) is 59.5 Å². The van der Waals surface area contributed by atoms with Gasteiger partial charge in [-0.05, 0) is 48.2 Å². The van der Waals surface area contributed by atoms with E-state index in [-0.39, 0.29) is 10.8 Å². The highest BCUT2D eigenvalue weighted by Gasteiger charge is 2.21. The molecule has 0 aliphatic carbocycles. The highest BCUT2D eigenvalue weighted by Crippen LogP contribution is 2.31. The van der Waals surface area contributed by atoms with E-state index in [2.05, 4.69) is 5.32 Å². The van der Waals surface area contributed by atoms with Crippen LogP contribution in [0.1, 0.15) is 23.0 Å². The molecule has 0 atom stereocenters. The van der Waals surface area contributed by atoms with Gasteiger partial charge in [-0.15, -0.1) is 11.3 Å². The number of amides is 1. The molecule has 7 heteroatoms. The number of nitrogens with one attached hydrogen (secondary N) is 1. The molecular weight excluding hydrogens is 368 g/mol. The first-order valence-corrected chi connectivity index (χ1v) is 10.5. The molecule has 1 aromatic heterocycles. The van der Waals surface area contributed by atoms with Gasteiger partial charge in [-0.3, -0.25) is 9.10 Å². The summed E-state index contributed by atoms with van der Waals surface area (Å²) in [5.41, 5.74) is 0.555. The molecule has 0 unspecified atom stereocenters. The van der Waals surface area contributed by atoms with E-state index >= 15 is 0 Å². The van der Waals surface area contributed by atoms with Gasteiger partial charge in [0.1, 0.15) is 0 Å². The van der Waals surface area contributed by atoms with Crippen molar-refractivity contribution in [2.45, 2.75) is 18.2 Å². The molecule has 0 aliphatic heterocycles. The van der Waals surface area contributed by atoms with Crippen LogP contribution < -0.4 is 9.62 Å². The van der Waals surface area contributed by atoms with Gasteiger partial charge in [-0.2, -0.15) is 0 Å². The zero-order valence-corrected chi connectivity index (χ0v) is 16.2. The number of sulfonamides is 1. The van der Waals surface area contributed by atoms with Crippen LogP contribution >= 0.6 is 11.3 Å². The third kappa shape index (κ3) is 3.59. The van der Waals surface area contributed by atoms with Gasteiger partial charge in [-0.1, -0.05) is 25.1 Å². The predicted molar refractivity (Wildman–Crippen MR) is 106 cm³/mol. The zero-order chi connectivity index (χ0) is 18.7. The first-order chi connectivity index (χ1) is 12.4. The summed E-state index contributed by atoms with van der Waals surface area (Å²) < 4.78 is 27.7. The first kappa shape index (κ1) is 18.4. The molecule has 2 aromatic carbocycles. The number of benzene rings is 2. The number of anilines is 1. The smallest absolute Gasteiger partial charge is 0.264 e. The molecule has 0 radical (unpaired) electrons. The van der Waals surface area contributed by atoms with Crippen LogP contribution in [-0.2, 0) is 10.0 Å². The van der Waals surface area contributed by atoms with Gasteiger partial charge in [0.25, 0.3) is 15.9 Å². The van der Waals surface area contributed by atoms with E-state index in [9.17, 15) is 13.2 Å². The maximum atomic E-state index is 12.8. The van der Waals surface area contributed by atoms with Crippen LogP contribution in [-0.4, -0.2) is 27.9 Å². The standard InChI is InChI=1S/C19H20N2O3S2/c1-3-11-20-19(22)18-13-14-12-15(9-10-17(14)25-18)21(2)26(23,24)16-7-5-4-6-8-16/h4-10,12-13H,3,11H2,1-2H3,(H,20,22). The largest absolute Gasteiger partial charge is 0.351 e. The Balaban J connectivity index is 1.92. The number of hydrogen-bond acceptors (Lipinski definition) is 4. The third-order valence-corrected chi connectivity index (χ3v) is 6.94. The minimum atomic E-state index is -3.62. The van der Waals surface area contributed by atoms with Crippen molar-refractivity contribution in [3.8, 4) is 0 Å². The molecule has 3 rings (SSSR count). The van der Waals surface area contributed by atoms with E-state index in [1.807, 2.05) is 13.0 Å². The number of rotatable bonds is 6. The summed E-state index contributed by atoms with van der Waals surface area (Å²) in [6.45, 7) is 2.64. The van der Waals surface area contributed by atoms with Gasteiger partial charge in [0.15, 0.2) is 0 Å². The number of carbonyl (C=O) groups excluding carboxylic acids is 1. The van der Waals surface area contributed by atoms with Gasteiger partial charge in [0.05, 0.1) is 15.5 Å². The van der Waals surface area contributed by atoms with E-state index in [0.717, 1.165) is 16.5 Å². The van der Waals surface area contributed by atoms with Crippen LogP contribution in [0.4, 0.5) is 5.69 Å². The minimum absolute atomic E-state index is 0.0974. The van der Waals surface area contributed by atoms with E-state index in [1.54, 1.807) is 48.5 Å². The molecule has 0 saturated heterocycles. The number of hydrogen-bond donors (Lipinski definition) is 1. The van der Waals surface area contributed by atoms with Crippen molar-refractivity contribution in [2.24, 2.45) is 0 Å². The van der Waals surface area contributed by atoms with Crippen LogP contribution in [0.5, 0.6) is 0 Å². The number of carbonyl (C=O) groups is 1. The van der Waals surface area contributed by atoms with Gasteiger partial charge in [-0.25, -0.2) is 8.42 Å². The summed E-state index contributed by atoms with van der Waals surface area (Å²) in [6, 6.07) is 15.5. The Bertz CT molecular complexity index is 1030. The third-order valence-electron chi connectivity index (χ3n) is 4.02. The summed E-state index contributed by atoms with van der Waals surface area (Å²) in [5, 5.41) is 3.71. The number of fused-ring (bicyclic) bond motifs is 1. The quantitative estimate of drug-likeness (QED) is 0.697. The predicted octanol–water partition coefficient (Wildman–Crippen LogP) is 3.87. The summed E-state index contributed by atoms with van der Waals surface area (Å²) in [6.07, 6.45) is 0.878. The van der Waals surface area contributed by atoms with Gasteiger partial charge in [0.2, 0.25) is 0 Å². The van der Waals surface area contributed by atoms with Crippen molar-refractivity contribution in [1.82, 2.24) is 5.32 Å². The summed E-state index contributed by atoms with van der Waals surface area (Å²) in [5.74, 6) is -0.0974. The molecule has 0 bridgehead atoms. The molecule has 0 spiro atoms. The fourth-order valence-corrected chi connectivity index (χ4v) is 4.72. The first-order valence-electron chi connectivity index (χ1n) is 8.29. The Labute approximate surface area is 157 Å². The van der Waals surface area contributed by atoms with Gasteiger partial charge < -0.3 is 5.32 Å². The molecule has 1 heterocycles. The molecule has 3 aromatic rings. The Kier molecular flexibility index (Phi) is 5.29. The lowest BCUT2D eigenvalue weighted by atomic mass is 10.2. The van der Waals surface area contributed by atoms with E-state index in [0.29, 0.717) is 17.1 Å². The Morgan fingerprint density at radius 2 is 1.85 bits per heavy atom. The highest BCUT2D eigenvalue weighted by molar-refractivity contribution is 7.92. The molecule has 0 aliphatic rings. The van der Waals surface area contributed by atoms with Gasteiger partial charge >= 0.3 is 0 Å². The van der Waals surface area contributed by atoms with Crippen LogP contribution in [0.3, 0.4) is 0 Å². The van der Waals surface area contributed by atoms with E-state index < -0.39 is 10.0 Å². The topological polar surface area (TPSA) is 66.5 Å². The zero-order valence-electron chi connectivity index (χ0n) is 14.6. The molecule has 0 saturated carbocycles. The number of thiophene rings is 1. The Morgan fingerprint density at radius 3 is 2.54 bits per heavy atom. The summed E-state index contributed by atoms with van der Waals surface area (Å²) in [7, 11) is -2.09. The Hall–Kier alpha value is -2.38. The second kappa shape index (κ2) is 7.47. The lowest BCUT2D eigenvalue weighted by Crippen LogP contribution is -2.26. The molecule has 0 fully saturated rings. The summed E-state index contributed by atoms with van der Waals surface area (Å²) >= 11 is 1.40. The molecule has 5 nitrogen and oxygen atoms in total. The highest BCUT2D eigenvalue weighted by atomic mass is 32.2. The van der Waals surface area contributed by atoms with E-state index in [4.69, 9.17) is 0 Å². The second-order valence-electron chi connectivity index (χ2n) is 5.87. The molecule has 26 heavy (non-hydrogen) atoms. The molecular formula is C19H20N2O3S2. The second-order valence-corrected chi connectivity index (χ2v) is 8.93. The fraction of sp³-hybridized carbons (Fsp3) is 0.211. The fourth-order valence-electron chi connectivity index (χ4n) is 2.55. The van der Waals surface area contributed by atoms with Crippen molar-refractivity contribution >= 4 is 43.0 Å².